The van der Waals surface area contributed by atoms with Crippen LogP contribution < -0.4 is 20.7 Å². The highest BCUT2D eigenvalue weighted by molar-refractivity contribution is 7.85. The van der Waals surface area contributed by atoms with Crippen LogP contribution in [0.25, 0.3) is 33.6 Å². The van der Waals surface area contributed by atoms with Crippen LogP contribution in [0.3, 0.4) is 0 Å². The van der Waals surface area contributed by atoms with Crippen molar-refractivity contribution >= 4 is 23.1 Å². The van der Waals surface area contributed by atoms with Gasteiger partial charge in [-0.05, 0) is 58.5 Å². The highest BCUT2D eigenvalue weighted by Gasteiger charge is 2.29. The van der Waals surface area contributed by atoms with E-state index in [1.165, 1.54) is 5.56 Å². The van der Waals surface area contributed by atoms with Crippen LogP contribution in [0, 0.1) is 0 Å². The first-order valence-corrected chi connectivity index (χ1v) is 16.6. The van der Waals surface area contributed by atoms with Crippen molar-refractivity contribution in [2.75, 3.05) is 7.11 Å². The molecule has 0 unspecified atom stereocenters. The van der Waals surface area contributed by atoms with Gasteiger partial charge in [-0.3, -0.25) is 0 Å². The van der Waals surface area contributed by atoms with Crippen molar-refractivity contribution in [1.82, 2.24) is 4.98 Å². The van der Waals surface area contributed by atoms with Crippen molar-refractivity contribution in [2.24, 2.45) is 0 Å². The molecule has 0 aliphatic heterocycles. The van der Waals surface area contributed by atoms with E-state index in [4.69, 9.17) is 9.72 Å². The van der Waals surface area contributed by atoms with Gasteiger partial charge in [0.2, 0.25) is 0 Å². The van der Waals surface area contributed by atoms with Gasteiger partial charge in [0.25, 0.3) is 0 Å². The van der Waals surface area contributed by atoms with Gasteiger partial charge in [-0.15, -0.1) is 0 Å². The molecule has 0 N–H and O–H groups in total. The molecule has 0 spiro atoms. The summed E-state index contributed by atoms with van der Waals surface area (Å²) in [6, 6.07) is 48.7. The first-order valence-electron chi connectivity index (χ1n) is 14.9. The quantitative estimate of drug-likeness (QED) is 0.173. The first-order chi connectivity index (χ1) is 21.3. The van der Waals surface area contributed by atoms with Crippen molar-refractivity contribution in [1.29, 1.82) is 0 Å². The summed E-state index contributed by atoms with van der Waals surface area (Å²) in [7, 11) is -1.38. The largest absolute Gasteiger partial charge is 0.497 e. The molecular weight excluding hydrogens is 557 g/mol. The third-order valence-corrected chi connectivity index (χ3v) is 11.1. The first kappa shape index (κ1) is 29.4. The molecular formula is C40H36NO2P. The molecule has 1 aromatic heterocycles. The van der Waals surface area contributed by atoms with Gasteiger partial charge >= 0.3 is 0 Å². The van der Waals surface area contributed by atoms with Gasteiger partial charge in [0.05, 0.1) is 18.5 Å². The fourth-order valence-corrected chi connectivity index (χ4v) is 8.13. The van der Waals surface area contributed by atoms with Gasteiger partial charge in [0.1, 0.15) is 5.75 Å². The summed E-state index contributed by atoms with van der Waals surface area (Å²) >= 11 is 0. The Morgan fingerprint density at radius 3 is 1.41 bits per heavy atom. The zero-order chi connectivity index (χ0) is 30.7. The van der Waals surface area contributed by atoms with E-state index in [0.29, 0.717) is 0 Å². The Hall–Kier alpha value is -4.72. The second-order valence-corrected chi connectivity index (χ2v) is 14.8. The number of aromatic nitrogens is 1. The van der Waals surface area contributed by atoms with E-state index in [0.717, 1.165) is 55.3 Å². The molecule has 6 aromatic rings. The summed E-state index contributed by atoms with van der Waals surface area (Å²) in [6.07, 6.45) is 0. The number of nitrogens with zero attached hydrogens (tertiary/aromatic N) is 1. The summed E-state index contributed by atoms with van der Waals surface area (Å²) < 4.78 is 20.3. The van der Waals surface area contributed by atoms with Gasteiger partial charge in [-0.1, -0.05) is 130 Å². The van der Waals surface area contributed by atoms with Crippen molar-refractivity contribution < 1.29 is 9.30 Å². The van der Waals surface area contributed by atoms with Crippen molar-refractivity contribution in [3.8, 4) is 39.4 Å². The summed E-state index contributed by atoms with van der Waals surface area (Å²) in [4.78, 5) is 5.10. The molecule has 218 valence electrons. The zero-order valence-corrected chi connectivity index (χ0v) is 26.5. The summed E-state index contributed by atoms with van der Waals surface area (Å²) in [5.41, 5.74) is 7.28. The van der Waals surface area contributed by atoms with Crippen LogP contribution in [0.4, 0.5) is 0 Å². The van der Waals surface area contributed by atoms with Crippen LogP contribution in [0.2, 0.25) is 0 Å². The predicted molar refractivity (Wildman–Crippen MR) is 185 cm³/mol. The highest BCUT2D eigenvalue weighted by atomic mass is 31.2. The minimum atomic E-state index is -3.05. The van der Waals surface area contributed by atoms with E-state index in [2.05, 4.69) is 69.3 Å². The molecule has 5 aromatic carbocycles. The second-order valence-electron chi connectivity index (χ2n) is 12.0. The van der Waals surface area contributed by atoms with Crippen LogP contribution in [0.5, 0.6) is 5.75 Å². The number of methoxy groups -OCH3 is 1. The molecule has 0 saturated carbocycles. The maximum absolute atomic E-state index is 14.9. The van der Waals surface area contributed by atoms with E-state index >= 15 is 0 Å². The molecule has 0 atom stereocenters. The Labute approximate surface area is 260 Å². The summed E-state index contributed by atoms with van der Waals surface area (Å²) in [5, 5.41) is 2.46. The fraction of sp³-hybridized carbons (Fsp3) is 0.125. The zero-order valence-electron chi connectivity index (χ0n) is 25.6. The number of benzene rings is 5. The summed E-state index contributed by atoms with van der Waals surface area (Å²) in [6.45, 7) is 6.67. The van der Waals surface area contributed by atoms with E-state index in [1.54, 1.807) is 7.11 Å². The molecule has 4 heteroatoms. The summed E-state index contributed by atoms with van der Waals surface area (Å²) in [5.74, 6) is 0.805. The molecule has 0 bridgehead atoms. The molecule has 6 rings (SSSR count). The third kappa shape index (κ3) is 5.89. The lowest BCUT2D eigenvalue weighted by Gasteiger charge is -2.20. The second kappa shape index (κ2) is 12.1. The topological polar surface area (TPSA) is 39.2 Å². The Bertz CT molecular complexity index is 1860. The predicted octanol–water partition coefficient (Wildman–Crippen LogP) is 9.03. The number of hydrogen-bond donors (Lipinski definition) is 0. The molecule has 0 aliphatic rings. The third-order valence-electron chi connectivity index (χ3n) is 8.06. The van der Waals surface area contributed by atoms with Gasteiger partial charge in [0.15, 0.2) is 7.14 Å². The number of hydrogen-bond acceptors (Lipinski definition) is 3. The molecule has 3 nitrogen and oxygen atoms in total. The SMILES string of the molecule is COc1ccc(-c2cc(-c3ccc(P(=O)(c4ccccc4)c4ccccc4)cc3)cc(-c3ccc(C(C)(C)C)cc3)n2)cc1. The average Bonchev–Trinajstić information content (AvgIpc) is 3.08. The van der Waals surface area contributed by atoms with Crippen LogP contribution >= 0.6 is 7.14 Å². The lowest BCUT2D eigenvalue weighted by molar-refractivity contribution is 0.415. The van der Waals surface area contributed by atoms with Gasteiger partial charge < -0.3 is 9.30 Å². The highest BCUT2D eigenvalue weighted by Crippen LogP contribution is 2.43. The van der Waals surface area contributed by atoms with Gasteiger partial charge in [-0.25, -0.2) is 4.98 Å². The van der Waals surface area contributed by atoms with Crippen LogP contribution in [-0.2, 0) is 9.98 Å². The van der Waals surface area contributed by atoms with Crippen molar-refractivity contribution in [2.45, 2.75) is 26.2 Å². The number of ether oxygens (including phenoxy) is 1. The van der Waals surface area contributed by atoms with E-state index < -0.39 is 7.14 Å². The smallest absolute Gasteiger partial charge is 0.171 e. The van der Waals surface area contributed by atoms with Gasteiger partial charge in [-0.2, -0.15) is 0 Å². The molecule has 1 heterocycles. The lowest BCUT2D eigenvalue weighted by atomic mass is 9.86. The molecule has 0 fully saturated rings. The molecule has 44 heavy (non-hydrogen) atoms. The van der Waals surface area contributed by atoms with Gasteiger partial charge in [0, 0.05) is 27.0 Å². The number of rotatable bonds is 7. The lowest BCUT2D eigenvalue weighted by Crippen LogP contribution is -2.24. The standard InChI is InChI=1S/C40H36NO2P/c1-40(2,3)33-21-15-30(16-22-33)38-27-32(28-39(41-38)31-17-23-34(43-4)24-18-31)29-19-25-37(26-20-29)44(42,35-11-7-5-8-12-35)36-13-9-6-10-14-36/h5-28H,1-4H3. The minimum Gasteiger partial charge on any atom is -0.497 e. The van der Waals surface area contributed by atoms with Crippen LogP contribution in [-0.4, -0.2) is 12.1 Å². The fourth-order valence-electron chi connectivity index (χ4n) is 5.48. The molecule has 0 radical (unpaired) electrons. The van der Waals surface area contributed by atoms with E-state index in [9.17, 15) is 4.57 Å². The molecule has 0 saturated heterocycles. The van der Waals surface area contributed by atoms with Crippen LogP contribution in [0.15, 0.2) is 146 Å². The maximum Gasteiger partial charge on any atom is 0.171 e. The normalized spacial score (nSPS) is 11.7. The Morgan fingerprint density at radius 1 is 0.523 bits per heavy atom. The van der Waals surface area contributed by atoms with E-state index in [-0.39, 0.29) is 5.41 Å². The van der Waals surface area contributed by atoms with E-state index in [1.807, 2.05) is 97.1 Å². The number of pyridine rings is 1. The maximum atomic E-state index is 14.9. The molecule has 0 amide bonds. The van der Waals surface area contributed by atoms with Crippen LogP contribution in [0.1, 0.15) is 26.3 Å². The Kier molecular flexibility index (Phi) is 8.08. The minimum absolute atomic E-state index is 0.0722. The average molecular weight is 594 g/mol. The van der Waals surface area contributed by atoms with Crippen molar-refractivity contribution in [3.05, 3.63) is 151 Å². The molecule has 0 aliphatic carbocycles. The Morgan fingerprint density at radius 2 is 0.955 bits per heavy atom. The monoisotopic (exact) mass is 593 g/mol. The Balaban J connectivity index is 1.45. The van der Waals surface area contributed by atoms with Crippen molar-refractivity contribution in [3.63, 3.8) is 0 Å².